The number of aromatic nitrogens is 1. The molecule has 176 valence electrons. The number of thioether (sulfide) groups is 1. The zero-order chi connectivity index (χ0) is 23.6. The molecule has 0 bridgehead atoms. The maximum atomic E-state index is 13.4. The maximum absolute atomic E-state index is 13.4. The van der Waals surface area contributed by atoms with Crippen molar-refractivity contribution in [2.45, 2.75) is 19.6 Å². The Labute approximate surface area is 195 Å². The quantitative estimate of drug-likeness (QED) is 0.526. The Kier molecular flexibility index (Phi) is 9.20. The van der Waals surface area contributed by atoms with E-state index in [2.05, 4.69) is 10.3 Å². The number of rotatable bonds is 10. The lowest BCUT2D eigenvalue weighted by Gasteiger charge is -2.33. The summed E-state index contributed by atoms with van der Waals surface area (Å²) in [4.78, 5) is 41.8. The van der Waals surface area contributed by atoms with Gasteiger partial charge in [-0.3, -0.25) is 19.4 Å². The maximum Gasteiger partial charge on any atom is 0.232 e. The molecule has 1 aromatic heterocycles. The van der Waals surface area contributed by atoms with Crippen LogP contribution in [0.1, 0.15) is 22.8 Å². The zero-order valence-corrected chi connectivity index (χ0v) is 19.1. The molecule has 1 saturated heterocycles. The zero-order valence-electron chi connectivity index (χ0n) is 18.3. The highest BCUT2D eigenvalue weighted by Gasteiger charge is 2.25. The van der Waals surface area contributed by atoms with Crippen LogP contribution in [0.15, 0.2) is 42.7 Å². The van der Waals surface area contributed by atoms with Crippen LogP contribution in [0.4, 0.5) is 4.39 Å². The third-order valence-electron chi connectivity index (χ3n) is 4.93. The van der Waals surface area contributed by atoms with E-state index < -0.39 is 5.82 Å². The smallest absolute Gasteiger partial charge is 0.232 e. The fourth-order valence-electron chi connectivity index (χ4n) is 3.21. The number of amides is 2. The van der Waals surface area contributed by atoms with E-state index in [0.29, 0.717) is 26.2 Å². The lowest BCUT2D eigenvalue weighted by Crippen LogP contribution is -2.48. The van der Waals surface area contributed by atoms with Crippen LogP contribution in [0.5, 0.6) is 5.75 Å². The number of nitrogens with zero attached hydrogens (tertiary/aromatic N) is 2. The molecule has 1 fully saturated rings. The van der Waals surface area contributed by atoms with Crippen molar-refractivity contribution >= 4 is 29.4 Å². The van der Waals surface area contributed by atoms with Gasteiger partial charge in [0, 0.05) is 25.5 Å². The molecule has 2 amide bonds. The monoisotopic (exact) mass is 475 g/mol. The average Bonchev–Trinajstić information content (AvgIpc) is 2.82. The van der Waals surface area contributed by atoms with Gasteiger partial charge in [-0.05, 0) is 42.8 Å². The van der Waals surface area contributed by atoms with E-state index in [1.54, 1.807) is 17.3 Å². The number of morpholine rings is 1. The van der Waals surface area contributed by atoms with Crippen LogP contribution in [0.2, 0.25) is 0 Å². The van der Waals surface area contributed by atoms with Gasteiger partial charge >= 0.3 is 0 Å². The fourth-order valence-corrected chi connectivity index (χ4v) is 3.95. The predicted octanol–water partition coefficient (Wildman–Crippen LogP) is 2.08. The second kappa shape index (κ2) is 12.3. The van der Waals surface area contributed by atoms with Crippen LogP contribution in [0.3, 0.4) is 0 Å². The Morgan fingerprint density at radius 3 is 2.79 bits per heavy atom. The second-order valence-corrected chi connectivity index (χ2v) is 8.45. The van der Waals surface area contributed by atoms with E-state index in [4.69, 9.17) is 9.47 Å². The number of hydrogen-bond donors (Lipinski definition) is 1. The summed E-state index contributed by atoms with van der Waals surface area (Å²) in [5.74, 6) is -0.381. The van der Waals surface area contributed by atoms with E-state index >= 15 is 0 Å². The summed E-state index contributed by atoms with van der Waals surface area (Å²) in [6, 6.07) is 7.43. The molecule has 1 N–H and O–H groups in total. The highest BCUT2D eigenvalue weighted by atomic mass is 32.2. The number of benzene rings is 1. The summed E-state index contributed by atoms with van der Waals surface area (Å²) in [7, 11) is 0. The molecule has 1 aromatic carbocycles. The molecule has 0 spiro atoms. The number of ether oxygens (including phenoxy) is 2. The molecule has 1 aliphatic heterocycles. The van der Waals surface area contributed by atoms with Gasteiger partial charge in [0.2, 0.25) is 11.8 Å². The molecule has 0 saturated carbocycles. The Morgan fingerprint density at radius 1 is 1.24 bits per heavy atom. The van der Waals surface area contributed by atoms with E-state index in [1.165, 1.54) is 30.8 Å². The number of Topliss-reactive ketones (excluding diaryl/α,β-unsaturated/α-hetero) is 1. The van der Waals surface area contributed by atoms with Crippen molar-refractivity contribution in [2.24, 2.45) is 0 Å². The normalized spacial score (nSPS) is 15.7. The van der Waals surface area contributed by atoms with Gasteiger partial charge < -0.3 is 19.7 Å². The van der Waals surface area contributed by atoms with Crippen LogP contribution < -0.4 is 10.1 Å². The number of carbonyl (C=O) groups is 3. The number of halogens is 1. The SMILES string of the molecule is CC(=O)c1cc(F)ccc1OCC1CN(C(=O)CSCC(=O)NCc2ccncc2)CCO1. The summed E-state index contributed by atoms with van der Waals surface area (Å²) in [5.41, 5.74) is 1.12. The van der Waals surface area contributed by atoms with Gasteiger partial charge in [-0.1, -0.05) is 0 Å². The molecule has 2 aromatic rings. The van der Waals surface area contributed by atoms with Crippen LogP contribution in [0, 0.1) is 5.82 Å². The molecule has 10 heteroatoms. The largest absolute Gasteiger partial charge is 0.490 e. The van der Waals surface area contributed by atoms with E-state index in [9.17, 15) is 18.8 Å². The highest BCUT2D eigenvalue weighted by Crippen LogP contribution is 2.21. The number of carbonyl (C=O) groups excluding carboxylic acids is 3. The minimum atomic E-state index is -0.512. The van der Waals surface area contributed by atoms with Crippen LogP contribution in [0.25, 0.3) is 0 Å². The van der Waals surface area contributed by atoms with Crippen molar-refractivity contribution in [1.29, 1.82) is 0 Å². The Morgan fingerprint density at radius 2 is 2.03 bits per heavy atom. The van der Waals surface area contributed by atoms with Gasteiger partial charge in [-0.2, -0.15) is 0 Å². The number of ketones is 1. The summed E-state index contributed by atoms with van der Waals surface area (Å²) < 4.78 is 24.8. The molecule has 3 rings (SSSR count). The molecular weight excluding hydrogens is 449 g/mol. The van der Waals surface area contributed by atoms with E-state index in [0.717, 1.165) is 11.6 Å². The van der Waals surface area contributed by atoms with E-state index in [1.807, 2.05) is 12.1 Å². The van der Waals surface area contributed by atoms with Crippen molar-refractivity contribution < 1.29 is 28.2 Å². The summed E-state index contributed by atoms with van der Waals surface area (Å²) in [5, 5.41) is 2.81. The van der Waals surface area contributed by atoms with Crippen molar-refractivity contribution in [3.05, 3.63) is 59.7 Å². The topological polar surface area (TPSA) is 97.8 Å². The van der Waals surface area contributed by atoms with Gasteiger partial charge in [0.25, 0.3) is 0 Å². The predicted molar refractivity (Wildman–Crippen MR) is 122 cm³/mol. The number of pyridine rings is 1. The molecule has 0 aliphatic carbocycles. The first-order chi connectivity index (χ1) is 15.9. The molecule has 1 atom stereocenters. The van der Waals surface area contributed by atoms with Crippen molar-refractivity contribution in [3.8, 4) is 5.75 Å². The molecule has 1 aliphatic rings. The highest BCUT2D eigenvalue weighted by molar-refractivity contribution is 8.00. The minimum absolute atomic E-state index is 0.0820. The molecular formula is C23H26FN3O5S. The first kappa shape index (κ1) is 24.7. The van der Waals surface area contributed by atoms with Gasteiger partial charge in [-0.25, -0.2) is 4.39 Å². The van der Waals surface area contributed by atoms with Crippen molar-refractivity contribution in [3.63, 3.8) is 0 Å². The first-order valence-corrected chi connectivity index (χ1v) is 11.6. The van der Waals surface area contributed by atoms with Crippen molar-refractivity contribution in [1.82, 2.24) is 15.2 Å². The van der Waals surface area contributed by atoms with Gasteiger partial charge in [0.05, 0.1) is 30.2 Å². The molecule has 1 unspecified atom stereocenters. The first-order valence-electron chi connectivity index (χ1n) is 10.5. The molecule has 33 heavy (non-hydrogen) atoms. The lowest BCUT2D eigenvalue weighted by molar-refractivity contribution is -0.137. The lowest BCUT2D eigenvalue weighted by atomic mass is 10.1. The second-order valence-electron chi connectivity index (χ2n) is 7.47. The molecule has 8 nitrogen and oxygen atoms in total. The van der Waals surface area contributed by atoms with Gasteiger partial charge in [0.15, 0.2) is 5.78 Å². The van der Waals surface area contributed by atoms with Crippen LogP contribution in [-0.4, -0.2) is 71.4 Å². The van der Waals surface area contributed by atoms with Gasteiger partial charge in [0.1, 0.15) is 24.3 Å². The van der Waals surface area contributed by atoms with E-state index in [-0.39, 0.29) is 53.1 Å². The Hall–Kier alpha value is -2.98. The number of hydrogen-bond acceptors (Lipinski definition) is 7. The van der Waals surface area contributed by atoms with Gasteiger partial charge in [-0.15, -0.1) is 11.8 Å². The standard InChI is InChI=1S/C23H26FN3O5S/c1-16(28)20-10-18(24)2-3-21(20)32-13-19-12-27(8-9-31-19)23(30)15-33-14-22(29)26-11-17-4-6-25-7-5-17/h2-7,10,19H,8-9,11-15H2,1H3,(H,26,29). The average molecular weight is 476 g/mol. The van der Waals surface area contributed by atoms with Crippen molar-refractivity contribution in [2.75, 3.05) is 37.8 Å². The molecule has 2 heterocycles. The Balaban J connectivity index is 1.39. The summed E-state index contributed by atoms with van der Waals surface area (Å²) in [6.45, 7) is 3.04. The summed E-state index contributed by atoms with van der Waals surface area (Å²) in [6.07, 6.45) is 2.95. The Bertz CT molecular complexity index is 976. The minimum Gasteiger partial charge on any atom is -0.490 e. The third-order valence-corrected chi connectivity index (χ3v) is 5.85. The fraction of sp³-hybridized carbons (Fsp3) is 0.391. The molecule has 0 radical (unpaired) electrons. The summed E-state index contributed by atoms with van der Waals surface area (Å²) >= 11 is 1.26. The number of nitrogens with one attached hydrogen (secondary N) is 1. The third kappa shape index (κ3) is 7.83. The van der Waals surface area contributed by atoms with Crippen LogP contribution in [-0.2, 0) is 20.9 Å². The van der Waals surface area contributed by atoms with Crippen LogP contribution >= 0.6 is 11.8 Å².